The van der Waals surface area contributed by atoms with Gasteiger partial charge in [-0.25, -0.2) is 17.9 Å². The van der Waals surface area contributed by atoms with Crippen molar-refractivity contribution in [3.8, 4) is 5.75 Å². The molecule has 23 heavy (non-hydrogen) atoms. The Labute approximate surface area is 137 Å². The van der Waals surface area contributed by atoms with E-state index in [0.717, 1.165) is 19.3 Å². The van der Waals surface area contributed by atoms with E-state index in [1.807, 2.05) is 6.92 Å². The van der Waals surface area contributed by atoms with Gasteiger partial charge in [0, 0.05) is 6.54 Å². The Hall–Kier alpha value is -1.80. The molecule has 1 amide bonds. The van der Waals surface area contributed by atoms with Crippen molar-refractivity contribution in [3.63, 3.8) is 0 Å². The first kappa shape index (κ1) is 19.2. The summed E-state index contributed by atoms with van der Waals surface area (Å²) in [7, 11) is -2.20. The van der Waals surface area contributed by atoms with Crippen LogP contribution < -0.4 is 14.8 Å². The van der Waals surface area contributed by atoms with E-state index in [-0.39, 0.29) is 17.2 Å². The molecule has 0 spiro atoms. The summed E-state index contributed by atoms with van der Waals surface area (Å²) >= 11 is 0. The predicted molar refractivity (Wildman–Crippen MR) is 88.4 cm³/mol. The molecule has 0 heterocycles. The van der Waals surface area contributed by atoms with Gasteiger partial charge < -0.3 is 9.47 Å². The predicted octanol–water partition coefficient (Wildman–Crippen LogP) is 2.73. The van der Waals surface area contributed by atoms with E-state index in [2.05, 4.69) is 10.0 Å². The Bertz CT molecular complexity index is 616. The van der Waals surface area contributed by atoms with Gasteiger partial charge in [0.25, 0.3) is 0 Å². The highest BCUT2D eigenvalue weighted by Gasteiger charge is 2.17. The molecule has 7 nitrogen and oxygen atoms in total. The first-order valence-electron chi connectivity index (χ1n) is 7.56. The van der Waals surface area contributed by atoms with Gasteiger partial charge in [0.15, 0.2) is 0 Å². The van der Waals surface area contributed by atoms with Crippen LogP contribution >= 0.6 is 0 Å². The molecule has 0 aliphatic carbocycles. The monoisotopic (exact) mass is 344 g/mol. The summed E-state index contributed by atoms with van der Waals surface area (Å²) in [6.45, 7) is 4.32. The zero-order valence-electron chi connectivity index (χ0n) is 13.7. The average Bonchev–Trinajstić information content (AvgIpc) is 2.51. The minimum Gasteiger partial charge on any atom is -0.495 e. The van der Waals surface area contributed by atoms with Crippen LogP contribution in [0, 0.1) is 0 Å². The van der Waals surface area contributed by atoms with E-state index in [4.69, 9.17) is 9.47 Å². The van der Waals surface area contributed by atoms with Gasteiger partial charge in [0.2, 0.25) is 10.0 Å². The molecule has 0 saturated heterocycles. The maximum absolute atomic E-state index is 12.3. The number of rotatable bonds is 9. The number of hydrogen-bond acceptors (Lipinski definition) is 5. The smallest absolute Gasteiger partial charge is 0.411 e. The molecule has 0 radical (unpaired) electrons. The highest BCUT2D eigenvalue weighted by atomic mass is 32.2. The Balaban J connectivity index is 2.93. The molecule has 8 heteroatoms. The van der Waals surface area contributed by atoms with Gasteiger partial charge in [-0.3, -0.25) is 5.32 Å². The minimum atomic E-state index is -3.63. The second-order valence-electron chi connectivity index (χ2n) is 4.81. The van der Waals surface area contributed by atoms with Crippen LogP contribution in [0.5, 0.6) is 5.75 Å². The highest BCUT2D eigenvalue weighted by molar-refractivity contribution is 7.89. The van der Waals surface area contributed by atoms with Crippen molar-refractivity contribution in [1.29, 1.82) is 0 Å². The molecular formula is C15H24N2O5S. The molecule has 0 aliphatic heterocycles. The number of amides is 1. The fraction of sp³-hybridized carbons (Fsp3) is 0.533. The Morgan fingerprint density at radius 1 is 1.22 bits per heavy atom. The fourth-order valence-corrected chi connectivity index (χ4v) is 2.99. The first-order chi connectivity index (χ1) is 10.9. The SMILES string of the molecule is CCCCCNS(=O)(=O)c1ccc(OC)c(NC(=O)OCC)c1. The number of carbonyl (C=O) groups excluding carboxylic acids is 1. The van der Waals surface area contributed by atoms with Gasteiger partial charge in [0.1, 0.15) is 5.75 Å². The standard InChI is InChI=1S/C15H24N2O5S/c1-4-6-7-10-16-23(19,20)12-8-9-14(21-3)13(11-12)17-15(18)22-5-2/h8-9,11,16H,4-7,10H2,1-3H3,(H,17,18). The highest BCUT2D eigenvalue weighted by Crippen LogP contribution is 2.27. The van der Waals surface area contributed by atoms with Crippen LogP contribution in [0.1, 0.15) is 33.1 Å². The van der Waals surface area contributed by atoms with E-state index in [1.54, 1.807) is 6.92 Å². The summed E-state index contributed by atoms with van der Waals surface area (Å²) in [4.78, 5) is 11.6. The van der Waals surface area contributed by atoms with Crippen molar-refractivity contribution < 1.29 is 22.7 Å². The van der Waals surface area contributed by atoms with Crippen LogP contribution in [-0.4, -0.2) is 34.8 Å². The van der Waals surface area contributed by atoms with Gasteiger partial charge in [-0.1, -0.05) is 19.8 Å². The Kier molecular flexibility index (Phi) is 7.84. The number of nitrogens with one attached hydrogen (secondary N) is 2. The van der Waals surface area contributed by atoms with Crippen molar-refractivity contribution in [2.24, 2.45) is 0 Å². The van der Waals surface area contributed by atoms with Crippen LogP contribution in [0.15, 0.2) is 23.1 Å². The van der Waals surface area contributed by atoms with Gasteiger partial charge in [0.05, 0.1) is 24.3 Å². The van der Waals surface area contributed by atoms with Crippen LogP contribution in [0.25, 0.3) is 0 Å². The van der Waals surface area contributed by atoms with Crippen molar-refractivity contribution in [2.75, 3.05) is 25.6 Å². The van der Waals surface area contributed by atoms with E-state index in [0.29, 0.717) is 12.3 Å². The summed E-state index contributed by atoms with van der Waals surface area (Å²) in [5.41, 5.74) is 0.238. The molecule has 0 aromatic heterocycles. The molecular weight excluding hydrogens is 320 g/mol. The molecule has 1 aromatic rings. The van der Waals surface area contributed by atoms with Gasteiger partial charge >= 0.3 is 6.09 Å². The van der Waals surface area contributed by atoms with Crippen LogP contribution in [0.2, 0.25) is 0 Å². The second kappa shape index (κ2) is 9.36. The third kappa shape index (κ3) is 6.07. The third-order valence-corrected chi connectivity index (χ3v) is 4.52. The summed E-state index contributed by atoms with van der Waals surface area (Å²) in [5, 5.41) is 2.47. The van der Waals surface area contributed by atoms with Crippen LogP contribution in [0.4, 0.5) is 10.5 Å². The normalized spacial score (nSPS) is 11.1. The van der Waals surface area contributed by atoms with Crippen LogP contribution in [-0.2, 0) is 14.8 Å². The number of anilines is 1. The number of benzene rings is 1. The van der Waals surface area contributed by atoms with Gasteiger partial charge in [-0.05, 0) is 31.5 Å². The number of hydrogen-bond donors (Lipinski definition) is 2. The number of ether oxygens (including phenoxy) is 2. The lowest BCUT2D eigenvalue weighted by Gasteiger charge is -2.12. The maximum Gasteiger partial charge on any atom is 0.411 e. The second-order valence-corrected chi connectivity index (χ2v) is 6.58. The molecule has 0 fully saturated rings. The average molecular weight is 344 g/mol. The Morgan fingerprint density at radius 2 is 1.96 bits per heavy atom. The topological polar surface area (TPSA) is 93.7 Å². The van der Waals surface area contributed by atoms with Crippen molar-refractivity contribution >= 4 is 21.8 Å². The quantitative estimate of drug-likeness (QED) is 0.672. The molecule has 0 atom stereocenters. The van der Waals surface area contributed by atoms with Crippen LogP contribution in [0.3, 0.4) is 0 Å². The minimum absolute atomic E-state index is 0.0570. The maximum atomic E-state index is 12.3. The zero-order chi connectivity index (χ0) is 17.3. The lowest BCUT2D eigenvalue weighted by atomic mass is 10.3. The van der Waals surface area contributed by atoms with Gasteiger partial charge in [-0.15, -0.1) is 0 Å². The molecule has 0 aliphatic rings. The summed E-state index contributed by atoms with van der Waals surface area (Å²) < 4.78 is 37.0. The molecule has 130 valence electrons. The largest absolute Gasteiger partial charge is 0.495 e. The van der Waals surface area contributed by atoms with Crippen molar-refractivity contribution in [2.45, 2.75) is 38.0 Å². The first-order valence-corrected chi connectivity index (χ1v) is 9.04. The molecule has 0 bridgehead atoms. The molecule has 1 aromatic carbocycles. The number of unbranched alkanes of at least 4 members (excludes halogenated alkanes) is 2. The summed E-state index contributed by atoms with van der Waals surface area (Å²) in [6, 6.07) is 4.26. The Morgan fingerprint density at radius 3 is 2.57 bits per heavy atom. The lowest BCUT2D eigenvalue weighted by Crippen LogP contribution is -2.25. The third-order valence-electron chi connectivity index (χ3n) is 3.07. The number of methoxy groups -OCH3 is 1. The molecule has 0 saturated carbocycles. The number of sulfonamides is 1. The van der Waals surface area contributed by atoms with Crippen molar-refractivity contribution in [3.05, 3.63) is 18.2 Å². The molecule has 1 rings (SSSR count). The van der Waals surface area contributed by atoms with E-state index in [9.17, 15) is 13.2 Å². The zero-order valence-corrected chi connectivity index (χ0v) is 14.5. The fourth-order valence-electron chi connectivity index (χ4n) is 1.89. The number of carbonyl (C=O) groups is 1. The van der Waals surface area contributed by atoms with Gasteiger partial charge in [-0.2, -0.15) is 0 Å². The van der Waals surface area contributed by atoms with Crippen molar-refractivity contribution in [1.82, 2.24) is 4.72 Å². The summed E-state index contributed by atoms with van der Waals surface area (Å²) in [6.07, 6.45) is 2.08. The van der Waals surface area contributed by atoms with E-state index >= 15 is 0 Å². The molecule has 0 unspecified atom stereocenters. The van der Waals surface area contributed by atoms with E-state index < -0.39 is 16.1 Å². The van der Waals surface area contributed by atoms with E-state index in [1.165, 1.54) is 25.3 Å². The lowest BCUT2D eigenvalue weighted by molar-refractivity contribution is 0.168. The summed E-state index contributed by atoms with van der Waals surface area (Å²) in [5.74, 6) is 0.350. The molecule has 2 N–H and O–H groups in total.